The summed E-state index contributed by atoms with van der Waals surface area (Å²) in [5, 5.41) is 0. The molecule has 0 bridgehead atoms. The zero-order valence-corrected chi connectivity index (χ0v) is 10.4. The molecule has 0 aliphatic carbocycles. The van der Waals surface area contributed by atoms with E-state index in [1.54, 1.807) is 0 Å². The van der Waals surface area contributed by atoms with E-state index in [4.69, 9.17) is 0 Å². The Morgan fingerprint density at radius 1 is 0.909 bits per heavy atom. The predicted octanol–water partition coefficient (Wildman–Crippen LogP) is 1.64. The van der Waals surface area contributed by atoms with Gasteiger partial charge in [-0.2, -0.15) is 10.2 Å². The summed E-state index contributed by atoms with van der Waals surface area (Å²) in [5.74, 6) is 0. The molecule has 0 aromatic heterocycles. The normalized spacial score (nSPS) is 17.1. The van der Waals surface area contributed by atoms with Crippen molar-refractivity contribution < 1.29 is 0 Å². The summed E-state index contributed by atoms with van der Waals surface area (Å²) in [6, 6.07) is 0. The van der Waals surface area contributed by atoms with Crippen LogP contribution in [0.15, 0.2) is 0 Å². The van der Waals surface area contributed by atoms with Crippen LogP contribution in [0.1, 0.15) is 0 Å². The second kappa shape index (κ2) is 3.56. The van der Waals surface area contributed by atoms with Crippen LogP contribution in [0.2, 0.25) is 0 Å². The van der Waals surface area contributed by atoms with Gasteiger partial charge in [-0.25, -0.2) is 4.13 Å². The van der Waals surface area contributed by atoms with E-state index in [0.717, 1.165) is 0 Å². The molecule has 0 unspecified atom stereocenters. The molecule has 0 rings (SSSR count). The van der Waals surface area contributed by atoms with Crippen molar-refractivity contribution >= 4 is 20.6 Å². The van der Waals surface area contributed by atoms with Gasteiger partial charge in [0.2, 0.25) is 0 Å². The highest BCUT2D eigenvalue weighted by molar-refractivity contribution is 8.43. The summed E-state index contributed by atoms with van der Waals surface area (Å²) < 4.78 is 5.97. The van der Waals surface area contributed by atoms with Crippen LogP contribution in [0, 0.1) is 0 Å². The Morgan fingerprint density at radius 3 is 1.36 bits per heavy atom. The molecule has 0 saturated heterocycles. The third-order valence-electron chi connectivity index (χ3n) is 1.37. The van der Waals surface area contributed by atoms with Gasteiger partial charge in [-0.05, 0) is 45.4 Å². The van der Waals surface area contributed by atoms with Gasteiger partial charge in [0.1, 0.15) is 0 Å². The van der Waals surface area contributed by atoms with Gasteiger partial charge in [-0.15, -0.1) is 10.4 Å². The summed E-state index contributed by atoms with van der Waals surface area (Å²) in [6.45, 7) is 0. The molecule has 0 radical (unpaired) electrons. The average Bonchev–Trinajstić information content (AvgIpc) is 1.56. The summed E-state index contributed by atoms with van der Waals surface area (Å²) in [5.41, 5.74) is 0. The highest BCUT2D eigenvalue weighted by atomic mass is 32.3. The molecule has 0 aliphatic heterocycles. The van der Waals surface area contributed by atoms with Crippen LogP contribution in [-0.4, -0.2) is 49.7 Å². The molecule has 0 aromatic carbocycles. The topological polar surface area (TPSA) is 15.3 Å². The molecular weight excluding hydrogens is 176 g/mol. The molecule has 1 N–H and O–H groups in total. The maximum Gasteiger partial charge on any atom is -0.00324 e. The number of nitrogens with one attached hydrogen (secondary N) is 1. The monoisotopic (exact) mass is 198 g/mol. The molecule has 2 nitrogen and oxygen atoms in total. The van der Waals surface area contributed by atoms with Gasteiger partial charge in [0.25, 0.3) is 0 Å². The van der Waals surface area contributed by atoms with Gasteiger partial charge < -0.3 is 0 Å². The smallest absolute Gasteiger partial charge is 0.00324 e. The molecular formula is C7H22N2S2. The minimum absolute atomic E-state index is 0.581. The van der Waals surface area contributed by atoms with Gasteiger partial charge in [-0.3, -0.25) is 4.31 Å². The third-order valence-corrected chi connectivity index (χ3v) is 6.82. The quantitative estimate of drug-likeness (QED) is 0.742. The fourth-order valence-corrected chi connectivity index (χ4v) is 6.18. The first-order valence-corrected chi connectivity index (χ1v) is 8.79. The molecule has 0 heterocycles. The maximum atomic E-state index is 3.69. The Kier molecular flexibility index (Phi) is 3.76. The second-order valence-electron chi connectivity index (χ2n) is 4.01. The van der Waals surface area contributed by atoms with E-state index in [1.807, 2.05) is 0 Å². The molecule has 0 aliphatic rings. The van der Waals surface area contributed by atoms with Crippen molar-refractivity contribution in [2.45, 2.75) is 0 Å². The molecule has 0 atom stereocenters. The van der Waals surface area contributed by atoms with Crippen molar-refractivity contribution in [1.29, 1.82) is 0 Å². The Balaban J connectivity index is 4.13. The van der Waals surface area contributed by atoms with Crippen molar-refractivity contribution in [3.8, 4) is 0 Å². The Morgan fingerprint density at radius 2 is 1.27 bits per heavy atom. The summed E-state index contributed by atoms with van der Waals surface area (Å²) in [7, 11) is 2.95. The third kappa shape index (κ3) is 4.95. The minimum Gasteiger partial charge on any atom is -0.262 e. The average molecular weight is 198 g/mol. The van der Waals surface area contributed by atoms with Crippen LogP contribution in [0.3, 0.4) is 0 Å². The lowest BCUT2D eigenvalue weighted by molar-refractivity contribution is 0.681. The van der Waals surface area contributed by atoms with E-state index < -0.39 is 20.6 Å². The van der Waals surface area contributed by atoms with Gasteiger partial charge >= 0.3 is 0 Å². The Bertz CT molecular complexity index is 127. The van der Waals surface area contributed by atoms with Crippen molar-refractivity contribution in [3.05, 3.63) is 0 Å². The SMILES string of the molecule is CN(C)S(C)(C)NS(C)(C)C. The van der Waals surface area contributed by atoms with Gasteiger partial charge in [0, 0.05) is 0 Å². The van der Waals surface area contributed by atoms with Crippen LogP contribution in [0.5, 0.6) is 0 Å². The van der Waals surface area contributed by atoms with Crippen LogP contribution in [0.4, 0.5) is 0 Å². The lowest BCUT2D eigenvalue weighted by Crippen LogP contribution is -2.31. The molecule has 0 aromatic rings. The van der Waals surface area contributed by atoms with E-state index in [-0.39, 0.29) is 0 Å². The first kappa shape index (κ1) is 11.6. The molecule has 11 heavy (non-hydrogen) atoms. The predicted molar refractivity (Wildman–Crippen MR) is 61.6 cm³/mol. The lowest BCUT2D eigenvalue weighted by atomic mass is 11.3. The van der Waals surface area contributed by atoms with E-state index >= 15 is 0 Å². The van der Waals surface area contributed by atoms with Gasteiger partial charge in [0.05, 0.1) is 0 Å². The first-order chi connectivity index (χ1) is 4.65. The van der Waals surface area contributed by atoms with Crippen LogP contribution >= 0.6 is 20.6 Å². The van der Waals surface area contributed by atoms with Crippen LogP contribution in [-0.2, 0) is 0 Å². The number of nitrogens with zero attached hydrogens (tertiary/aromatic N) is 1. The molecule has 0 amide bonds. The fraction of sp³-hybridized carbons (Fsp3) is 1.00. The molecule has 0 saturated carbocycles. The Labute approximate surface area is 74.8 Å². The van der Waals surface area contributed by atoms with Crippen molar-refractivity contribution in [3.63, 3.8) is 0 Å². The van der Waals surface area contributed by atoms with E-state index in [1.165, 1.54) is 0 Å². The summed E-state index contributed by atoms with van der Waals surface area (Å²) >= 11 is 0. The van der Waals surface area contributed by atoms with Gasteiger partial charge in [0.15, 0.2) is 0 Å². The number of hydrogen-bond acceptors (Lipinski definition) is 2. The van der Waals surface area contributed by atoms with Crippen molar-refractivity contribution in [2.24, 2.45) is 0 Å². The zero-order valence-electron chi connectivity index (χ0n) is 8.76. The van der Waals surface area contributed by atoms with Gasteiger partial charge in [-0.1, -0.05) is 0 Å². The van der Waals surface area contributed by atoms with Crippen molar-refractivity contribution in [2.75, 3.05) is 45.4 Å². The van der Waals surface area contributed by atoms with Crippen LogP contribution in [0.25, 0.3) is 0 Å². The zero-order chi connectivity index (χ0) is 9.28. The fourth-order valence-electron chi connectivity index (χ4n) is 0.686. The van der Waals surface area contributed by atoms with E-state index in [0.29, 0.717) is 0 Å². The van der Waals surface area contributed by atoms with E-state index in [2.05, 4.69) is 53.8 Å². The van der Waals surface area contributed by atoms with Crippen molar-refractivity contribution in [1.82, 2.24) is 8.43 Å². The van der Waals surface area contributed by atoms with Crippen LogP contribution < -0.4 is 4.13 Å². The lowest BCUT2D eigenvalue weighted by Gasteiger charge is -2.46. The summed E-state index contributed by atoms with van der Waals surface area (Å²) in [4.78, 5) is 0. The first-order valence-electron chi connectivity index (χ1n) is 3.53. The maximum absolute atomic E-state index is 3.69. The highest BCUT2D eigenvalue weighted by Crippen LogP contribution is 2.47. The number of rotatable bonds is 3. The Hall–Kier alpha value is 0.620. The number of hydrogen-bond donors (Lipinski definition) is 1. The second-order valence-corrected chi connectivity index (χ2v) is 11.6. The highest BCUT2D eigenvalue weighted by Gasteiger charge is 2.17. The molecule has 0 spiro atoms. The minimum atomic E-state index is -0.736. The largest absolute Gasteiger partial charge is 0.262 e. The molecule has 72 valence electrons. The molecule has 0 fully saturated rings. The molecule has 4 heteroatoms. The standard InChI is InChI=1S/C7H22N2S2/c1-9(2)11(6,7)8-10(3,4)5/h8H,1-7H3. The van der Waals surface area contributed by atoms with E-state index in [9.17, 15) is 0 Å². The summed E-state index contributed by atoms with van der Waals surface area (Å²) in [6.07, 6.45) is 11.4.